The number of amides is 2. The van der Waals surface area contributed by atoms with Crippen LogP contribution in [0.2, 0.25) is 0 Å². The number of nitrogens with one attached hydrogen (secondary N) is 1. The van der Waals surface area contributed by atoms with Gasteiger partial charge in [-0.2, -0.15) is 0 Å². The summed E-state index contributed by atoms with van der Waals surface area (Å²) in [5.41, 5.74) is 0.681. The van der Waals surface area contributed by atoms with E-state index in [2.05, 4.69) is 17.2 Å². The van der Waals surface area contributed by atoms with Crippen molar-refractivity contribution in [2.45, 2.75) is 45.1 Å². The van der Waals surface area contributed by atoms with Crippen LogP contribution in [0, 0.1) is 5.92 Å². The Bertz CT molecular complexity index is 718. The SMILES string of the molecule is CC1CCC(N(C)C(=O)Cc2csc(NC(=O)c3ccco3)n2)CC1. The van der Waals surface area contributed by atoms with Gasteiger partial charge in [0.1, 0.15) is 0 Å². The predicted octanol–water partition coefficient (Wildman–Crippen LogP) is 3.57. The van der Waals surface area contributed by atoms with Crippen molar-refractivity contribution >= 4 is 28.3 Å². The minimum absolute atomic E-state index is 0.0776. The number of thiazole rings is 1. The van der Waals surface area contributed by atoms with Crippen molar-refractivity contribution in [2.75, 3.05) is 12.4 Å². The van der Waals surface area contributed by atoms with Gasteiger partial charge in [0.05, 0.1) is 18.4 Å². The van der Waals surface area contributed by atoms with Crippen LogP contribution in [-0.4, -0.2) is 34.8 Å². The molecule has 1 fully saturated rings. The number of furan rings is 1. The molecule has 0 radical (unpaired) electrons. The lowest BCUT2D eigenvalue weighted by atomic mass is 9.86. The van der Waals surface area contributed by atoms with Crippen molar-refractivity contribution in [1.82, 2.24) is 9.88 Å². The van der Waals surface area contributed by atoms with Crippen molar-refractivity contribution in [3.05, 3.63) is 35.2 Å². The minimum atomic E-state index is -0.342. The maximum atomic E-state index is 12.5. The standard InChI is InChI=1S/C18H23N3O3S/c1-12-5-7-14(8-6-12)21(2)16(22)10-13-11-25-18(19-13)20-17(23)15-4-3-9-24-15/h3-4,9,11-12,14H,5-8,10H2,1-2H3,(H,19,20,23). The molecular formula is C18H23N3O3S. The summed E-state index contributed by atoms with van der Waals surface area (Å²) in [6, 6.07) is 3.58. The molecule has 0 aromatic carbocycles. The maximum absolute atomic E-state index is 12.5. The van der Waals surface area contributed by atoms with Gasteiger partial charge in [-0.25, -0.2) is 4.98 Å². The van der Waals surface area contributed by atoms with Crippen LogP contribution in [-0.2, 0) is 11.2 Å². The van der Waals surface area contributed by atoms with Gasteiger partial charge in [0.2, 0.25) is 5.91 Å². The highest BCUT2D eigenvalue weighted by molar-refractivity contribution is 7.14. The van der Waals surface area contributed by atoms with Crippen LogP contribution in [0.1, 0.15) is 48.9 Å². The third-order valence-corrected chi connectivity index (χ3v) is 5.58. The van der Waals surface area contributed by atoms with Gasteiger partial charge in [-0.15, -0.1) is 11.3 Å². The molecule has 0 unspecified atom stereocenters. The summed E-state index contributed by atoms with van der Waals surface area (Å²) < 4.78 is 5.05. The van der Waals surface area contributed by atoms with Gasteiger partial charge in [-0.3, -0.25) is 14.9 Å². The number of nitrogens with zero attached hydrogens (tertiary/aromatic N) is 2. The topological polar surface area (TPSA) is 75.4 Å². The van der Waals surface area contributed by atoms with Crippen molar-refractivity contribution in [2.24, 2.45) is 5.92 Å². The van der Waals surface area contributed by atoms with E-state index in [1.807, 2.05) is 17.3 Å². The fourth-order valence-electron chi connectivity index (χ4n) is 3.13. The lowest BCUT2D eigenvalue weighted by molar-refractivity contribution is -0.132. The summed E-state index contributed by atoms with van der Waals surface area (Å²) in [6.45, 7) is 2.27. The fraction of sp³-hybridized carbons (Fsp3) is 0.500. The smallest absolute Gasteiger partial charge is 0.293 e. The Morgan fingerprint density at radius 1 is 1.36 bits per heavy atom. The van der Waals surface area contributed by atoms with Crippen molar-refractivity contribution < 1.29 is 14.0 Å². The molecule has 2 amide bonds. The van der Waals surface area contributed by atoms with Gasteiger partial charge < -0.3 is 9.32 Å². The van der Waals surface area contributed by atoms with E-state index < -0.39 is 0 Å². The number of anilines is 1. The molecule has 0 bridgehead atoms. The summed E-state index contributed by atoms with van der Waals surface area (Å²) in [5.74, 6) is 0.733. The fourth-order valence-corrected chi connectivity index (χ4v) is 3.83. The summed E-state index contributed by atoms with van der Waals surface area (Å²) in [4.78, 5) is 30.6. The highest BCUT2D eigenvalue weighted by atomic mass is 32.1. The van der Waals surface area contributed by atoms with Crippen LogP contribution >= 0.6 is 11.3 Å². The third-order valence-electron chi connectivity index (χ3n) is 4.78. The molecule has 3 rings (SSSR count). The normalized spacial score (nSPS) is 20.2. The Morgan fingerprint density at radius 2 is 2.12 bits per heavy atom. The molecule has 1 saturated carbocycles. The van der Waals surface area contributed by atoms with E-state index in [-0.39, 0.29) is 24.0 Å². The molecule has 1 aliphatic rings. The first-order valence-corrected chi connectivity index (χ1v) is 9.46. The lowest BCUT2D eigenvalue weighted by Crippen LogP contribution is -2.40. The van der Waals surface area contributed by atoms with Gasteiger partial charge >= 0.3 is 0 Å². The van der Waals surface area contributed by atoms with E-state index in [1.54, 1.807) is 12.1 Å². The second-order valence-electron chi connectivity index (χ2n) is 6.67. The number of carbonyl (C=O) groups excluding carboxylic acids is 2. The molecular weight excluding hydrogens is 338 g/mol. The Balaban J connectivity index is 1.53. The molecule has 2 aromatic rings. The number of hydrogen-bond donors (Lipinski definition) is 1. The molecule has 2 heterocycles. The van der Waals surface area contributed by atoms with Gasteiger partial charge in [0, 0.05) is 18.5 Å². The minimum Gasteiger partial charge on any atom is -0.459 e. The maximum Gasteiger partial charge on any atom is 0.293 e. The van der Waals surface area contributed by atoms with Gasteiger partial charge in [-0.05, 0) is 43.7 Å². The molecule has 134 valence electrons. The monoisotopic (exact) mass is 361 g/mol. The third kappa shape index (κ3) is 4.48. The molecule has 1 aliphatic carbocycles. The molecule has 2 aromatic heterocycles. The van der Waals surface area contributed by atoms with Crippen molar-refractivity contribution in [3.8, 4) is 0 Å². The van der Waals surface area contributed by atoms with Gasteiger partial charge in [0.25, 0.3) is 5.91 Å². The van der Waals surface area contributed by atoms with Gasteiger partial charge in [-0.1, -0.05) is 6.92 Å². The first kappa shape index (κ1) is 17.7. The van der Waals surface area contributed by atoms with E-state index in [0.29, 0.717) is 16.9 Å². The van der Waals surface area contributed by atoms with E-state index in [4.69, 9.17) is 4.42 Å². The first-order valence-electron chi connectivity index (χ1n) is 8.58. The molecule has 25 heavy (non-hydrogen) atoms. The van der Waals surface area contributed by atoms with E-state index in [0.717, 1.165) is 18.8 Å². The van der Waals surface area contributed by atoms with Crippen LogP contribution in [0.3, 0.4) is 0 Å². The van der Waals surface area contributed by atoms with Crippen LogP contribution in [0.25, 0.3) is 0 Å². The van der Waals surface area contributed by atoms with Crippen LogP contribution in [0.4, 0.5) is 5.13 Å². The molecule has 0 spiro atoms. The average Bonchev–Trinajstić information content (AvgIpc) is 3.27. The molecule has 0 aliphatic heterocycles. The Labute approximate surface area is 151 Å². The number of carbonyl (C=O) groups is 2. The number of aromatic nitrogens is 1. The number of hydrogen-bond acceptors (Lipinski definition) is 5. The zero-order valence-electron chi connectivity index (χ0n) is 14.5. The first-order chi connectivity index (χ1) is 12.0. The lowest BCUT2D eigenvalue weighted by Gasteiger charge is -2.33. The number of likely N-dealkylation sites (N-methyl/N-ethyl adjacent to an activating group) is 1. The molecule has 1 N–H and O–H groups in total. The van der Waals surface area contributed by atoms with E-state index >= 15 is 0 Å². The summed E-state index contributed by atoms with van der Waals surface area (Å²) in [6.07, 6.45) is 6.22. The average molecular weight is 361 g/mol. The second-order valence-corrected chi connectivity index (χ2v) is 7.53. The zero-order chi connectivity index (χ0) is 17.8. The molecule has 6 nitrogen and oxygen atoms in total. The molecule has 7 heteroatoms. The Morgan fingerprint density at radius 3 is 2.80 bits per heavy atom. The predicted molar refractivity (Wildman–Crippen MR) is 96.7 cm³/mol. The van der Waals surface area contributed by atoms with Crippen molar-refractivity contribution in [1.29, 1.82) is 0 Å². The summed E-state index contributed by atoms with van der Waals surface area (Å²) >= 11 is 1.31. The molecule has 0 atom stereocenters. The summed E-state index contributed by atoms with van der Waals surface area (Å²) in [7, 11) is 1.88. The molecule has 0 saturated heterocycles. The van der Waals surface area contributed by atoms with Crippen LogP contribution < -0.4 is 5.32 Å². The van der Waals surface area contributed by atoms with Crippen LogP contribution in [0.15, 0.2) is 28.2 Å². The highest BCUT2D eigenvalue weighted by Gasteiger charge is 2.25. The van der Waals surface area contributed by atoms with E-state index in [1.165, 1.54) is 30.4 Å². The van der Waals surface area contributed by atoms with E-state index in [9.17, 15) is 9.59 Å². The highest BCUT2D eigenvalue weighted by Crippen LogP contribution is 2.27. The zero-order valence-corrected chi connectivity index (χ0v) is 15.3. The van der Waals surface area contributed by atoms with Crippen LogP contribution in [0.5, 0.6) is 0 Å². The quantitative estimate of drug-likeness (QED) is 0.883. The van der Waals surface area contributed by atoms with Crippen molar-refractivity contribution in [3.63, 3.8) is 0 Å². The van der Waals surface area contributed by atoms with Gasteiger partial charge in [0.15, 0.2) is 10.9 Å². The second kappa shape index (κ2) is 7.82. The summed E-state index contributed by atoms with van der Waals surface area (Å²) in [5, 5.41) is 4.97. The Kier molecular flexibility index (Phi) is 5.53. The largest absolute Gasteiger partial charge is 0.459 e. The Hall–Kier alpha value is -2.15. The number of rotatable bonds is 5.